The average molecular weight is 309 g/mol. The number of alkyl halides is 3. The summed E-state index contributed by atoms with van der Waals surface area (Å²) in [7, 11) is 0. The minimum Gasteiger partial charge on any atom is -0.379 e. The fraction of sp³-hybridized carbons (Fsp3) is 0.417. The molecule has 0 bridgehead atoms. The number of anilines is 1. The first-order valence-corrected chi connectivity index (χ1v) is 6.15. The quantitative estimate of drug-likeness (QED) is 0.882. The van der Waals surface area contributed by atoms with Crippen molar-refractivity contribution >= 4 is 23.2 Å². The van der Waals surface area contributed by atoms with Crippen molar-refractivity contribution in [1.82, 2.24) is 0 Å². The molecule has 0 aliphatic carbocycles. The molecule has 1 unspecified atom stereocenters. The van der Waals surface area contributed by atoms with Gasteiger partial charge in [-0.15, -0.1) is 0 Å². The third-order valence-electron chi connectivity index (χ3n) is 3.05. The number of nitrogens with two attached hydrogens (primary N) is 1. The first-order valence-electron chi connectivity index (χ1n) is 5.77. The molecule has 3 N–H and O–H groups in total. The number of rotatable bonds is 2. The van der Waals surface area contributed by atoms with E-state index in [2.05, 4.69) is 5.32 Å². The summed E-state index contributed by atoms with van der Waals surface area (Å²) in [5.41, 5.74) is 3.56. The highest BCUT2D eigenvalue weighted by atomic mass is 35.5. The second-order valence-electron chi connectivity index (χ2n) is 4.61. The summed E-state index contributed by atoms with van der Waals surface area (Å²) < 4.78 is 42.9. The highest BCUT2D eigenvalue weighted by molar-refractivity contribution is 6.33. The number of benzene rings is 1. The molecule has 4 nitrogen and oxygen atoms in total. The predicted molar refractivity (Wildman–Crippen MR) is 67.4 cm³/mol. The summed E-state index contributed by atoms with van der Waals surface area (Å²) >= 11 is 5.79. The Hall–Kier alpha value is -1.31. The Morgan fingerprint density at radius 1 is 1.45 bits per heavy atom. The van der Waals surface area contributed by atoms with Gasteiger partial charge in [0.15, 0.2) is 0 Å². The number of halogens is 4. The largest absolute Gasteiger partial charge is 0.416 e. The van der Waals surface area contributed by atoms with E-state index in [1.807, 2.05) is 0 Å². The normalized spacial score (nSPS) is 22.9. The molecule has 20 heavy (non-hydrogen) atoms. The van der Waals surface area contributed by atoms with E-state index in [1.54, 1.807) is 0 Å². The predicted octanol–water partition coefficient (Wildman–Crippen LogP) is 2.42. The molecule has 1 atom stereocenters. The van der Waals surface area contributed by atoms with Gasteiger partial charge in [-0.3, -0.25) is 4.79 Å². The van der Waals surface area contributed by atoms with Crippen molar-refractivity contribution in [3.8, 4) is 0 Å². The molecule has 0 radical (unpaired) electrons. The van der Waals surface area contributed by atoms with Gasteiger partial charge in [0.1, 0.15) is 5.54 Å². The summed E-state index contributed by atoms with van der Waals surface area (Å²) in [6.45, 7) is 0.357. The molecule has 1 amide bonds. The molecular weight excluding hydrogens is 297 g/mol. The van der Waals surface area contributed by atoms with Gasteiger partial charge in [0.25, 0.3) is 0 Å². The number of hydrogen-bond acceptors (Lipinski definition) is 3. The third kappa shape index (κ3) is 3.05. The van der Waals surface area contributed by atoms with Crippen molar-refractivity contribution < 1.29 is 22.7 Å². The number of carbonyl (C=O) groups excluding carboxylic acids is 1. The lowest BCUT2D eigenvalue weighted by atomic mass is 9.99. The van der Waals surface area contributed by atoms with Crippen LogP contribution in [0.2, 0.25) is 5.02 Å². The zero-order valence-corrected chi connectivity index (χ0v) is 11.0. The summed E-state index contributed by atoms with van der Waals surface area (Å²) in [5, 5.41) is 2.34. The smallest absolute Gasteiger partial charge is 0.379 e. The maximum Gasteiger partial charge on any atom is 0.416 e. The summed E-state index contributed by atoms with van der Waals surface area (Å²) in [5.74, 6) is -0.615. The van der Waals surface area contributed by atoms with Crippen LogP contribution >= 0.6 is 11.6 Å². The Bertz CT molecular complexity index is 528. The van der Waals surface area contributed by atoms with E-state index < -0.39 is 23.2 Å². The maximum atomic E-state index is 12.6. The molecule has 0 spiro atoms. The lowest BCUT2D eigenvalue weighted by Gasteiger charge is -2.21. The van der Waals surface area contributed by atoms with Crippen molar-refractivity contribution in [2.75, 3.05) is 18.5 Å². The molecule has 1 aromatic carbocycles. The average Bonchev–Trinajstić information content (AvgIpc) is 2.79. The zero-order valence-electron chi connectivity index (χ0n) is 10.3. The SMILES string of the molecule is NC1(C(=O)Nc2cc(C(F)(F)F)ccc2Cl)CCOC1. The Morgan fingerprint density at radius 2 is 2.15 bits per heavy atom. The summed E-state index contributed by atoms with van der Waals surface area (Å²) in [6, 6.07) is 2.70. The highest BCUT2D eigenvalue weighted by Gasteiger charge is 2.39. The van der Waals surface area contributed by atoms with Gasteiger partial charge in [-0.2, -0.15) is 13.2 Å². The van der Waals surface area contributed by atoms with Gasteiger partial charge in [-0.1, -0.05) is 11.6 Å². The van der Waals surface area contributed by atoms with E-state index in [9.17, 15) is 18.0 Å². The van der Waals surface area contributed by atoms with Crippen LogP contribution in [0.5, 0.6) is 0 Å². The Morgan fingerprint density at radius 3 is 2.70 bits per heavy atom. The van der Waals surface area contributed by atoms with Gasteiger partial charge < -0.3 is 15.8 Å². The minimum absolute atomic E-state index is 0.00821. The lowest BCUT2D eigenvalue weighted by Crippen LogP contribution is -2.51. The molecule has 1 aliphatic rings. The molecule has 1 aliphatic heterocycles. The standard InChI is InChI=1S/C12H12ClF3N2O2/c13-8-2-1-7(12(14,15)16)5-9(8)18-10(19)11(17)3-4-20-6-11/h1-2,5H,3-4,6,17H2,(H,18,19). The number of amides is 1. The third-order valence-corrected chi connectivity index (χ3v) is 3.38. The van der Waals surface area contributed by atoms with Crippen molar-refractivity contribution in [3.05, 3.63) is 28.8 Å². The van der Waals surface area contributed by atoms with Crippen molar-refractivity contribution in [1.29, 1.82) is 0 Å². The Labute approximate surface area is 118 Å². The number of hydrogen-bond donors (Lipinski definition) is 2. The first kappa shape index (κ1) is 15.1. The van der Waals surface area contributed by atoms with E-state index in [1.165, 1.54) is 0 Å². The van der Waals surface area contributed by atoms with Crippen LogP contribution in [0.4, 0.5) is 18.9 Å². The van der Waals surface area contributed by atoms with Crippen LogP contribution in [-0.2, 0) is 15.7 Å². The highest BCUT2D eigenvalue weighted by Crippen LogP contribution is 2.34. The molecule has 1 fully saturated rings. The fourth-order valence-corrected chi connectivity index (χ4v) is 1.97. The van der Waals surface area contributed by atoms with Crippen LogP contribution in [0.25, 0.3) is 0 Å². The first-order chi connectivity index (χ1) is 9.22. The van der Waals surface area contributed by atoms with E-state index in [0.29, 0.717) is 13.0 Å². The van der Waals surface area contributed by atoms with Crippen molar-refractivity contribution in [3.63, 3.8) is 0 Å². The van der Waals surface area contributed by atoms with E-state index in [4.69, 9.17) is 22.1 Å². The maximum absolute atomic E-state index is 12.6. The second-order valence-corrected chi connectivity index (χ2v) is 5.01. The number of carbonyl (C=O) groups is 1. The zero-order chi connectivity index (χ0) is 15.0. The summed E-state index contributed by atoms with van der Waals surface area (Å²) in [6.07, 6.45) is -4.21. The van der Waals surface area contributed by atoms with E-state index >= 15 is 0 Å². The van der Waals surface area contributed by atoms with Crippen LogP contribution in [-0.4, -0.2) is 24.7 Å². The van der Waals surface area contributed by atoms with Crippen molar-refractivity contribution in [2.45, 2.75) is 18.1 Å². The van der Waals surface area contributed by atoms with Gasteiger partial charge in [0.05, 0.1) is 22.9 Å². The summed E-state index contributed by atoms with van der Waals surface area (Å²) in [4.78, 5) is 12.0. The van der Waals surface area contributed by atoms with Crippen LogP contribution in [0.3, 0.4) is 0 Å². The van der Waals surface area contributed by atoms with Crippen LogP contribution in [0, 0.1) is 0 Å². The van der Waals surface area contributed by atoms with Crippen LogP contribution in [0.15, 0.2) is 18.2 Å². The van der Waals surface area contributed by atoms with Gasteiger partial charge in [-0.05, 0) is 24.6 Å². The Kier molecular flexibility index (Phi) is 3.95. The minimum atomic E-state index is -4.51. The molecule has 110 valence electrons. The molecule has 8 heteroatoms. The van der Waals surface area contributed by atoms with Gasteiger partial charge in [0, 0.05) is 6.61 Å². The van der Waals surface area contributed by atoms with Crippen molar-refractivity contribution in [2.24, 2.45) is 5.73 Å². The molecule has 2 rings (SSSR count). The van der Waals surface area contributed by atoms with Gasteiger partial charge >= 0.3 is 6.18 Å². The number of ether oxygens (including phenoxy) is 1. The van der Waals surface area contributed by atoms with E-state index in [0.717, 1.165) is 18.2 Å². The molecule has 0 aromatic heterocycles. The second kappa shape index (κ2) is 5.23. The molecular formula is C12H12ClF3N2O2. The molecule has 1 heterocycles. The van der Waals surface area contributed by atoms with Gasteiger partial charge in [0.2, 0.25) is 5.91 Å². The fourth-order valence-electron chi connectivity index (χ4n) is 1.80. The topological polar surface area (TPSA) is 64.4 Å². The Balaban J connectivity index is 2.22. The van der Waals surface area contributed by atoms with Gasteiger partial charge in [-0.25, -0.2) is 0 Å². The molecule has 1 aromatic rings. The monoisotopic (exact) mass is 308 g/mol. The van der Waals surface area contributed by atoms with Crippen LogP contribution < -0.4 is 11.1 Å². The molecule has 1 saturated heterocycles. The molecule has 0 saturated carbocycles. The van der Waals surface area contributed by atoms with Crippen LogP contribution in [0.1, 0.15) is 12.0 Å². The lowest BCUT2D eigenvalue weighted by molar-refractivity contribution is -0.137. The number of nitrogens with one attached hydrogen (secondary N) is 1. The van der Waals surface area contributed by atoms with E-state index in [-0.39, 0.29) is 17.3 Å².